The maximum absolute atomic E-state index is 11.2. The molecule has 0 aromatic heterocycles. The summed E-state index contributed by atoms with van der Waals surface area (Å²) < 4.78 is 40.1. The van der Waals surface area contributed by atoms with Crippen LogP contribution < -0.4 is 20.4 Å². The molecule has 0 unspecified atom stereocenters. The molecule has 0 radical (unpaired) electrons. The number of ether oxygens (including phenoxy) is 3. The lowest BCUT2D eigenvalue weighted by Gasteiger charge is -2.35. The minimum Gasteiger partial charge on any atom is -0.555 e. The van der Waals surface area contributed by atoms with Crippen molar-refractivity contribution in [3.63, 3.8) is 0 Å². The molecule has 3 saturated heterocycles. The molecule has 12 heteroatoms. The summed E-state index contributed by atoms with van der Waals surface area (Å²) in [5, 5.41) is 33.3. The number of aliphatic hydroxyl groups is 1. The van der Waals surface area contributed by atoms with Gasteiger partial charge in [-0.3, -0.25) is 0 Å². The number of benzene rings is 2. The lowest BCUT2D eigenvalue weighted by Crippen LogP contribution is -2.54. The zero-order valence-electron chi connectivity index (χ0n) is 18.1. The lowest BCUT2D eigenvalue weighted by molar-refractivity contribution is -0.114. The van der Waals surface area contributed by atoms with Gasteiger partial charge in [0.15, 0.2) is 0 Å². The molecule has 176 valence electrons. The zero-order chi connectivity index (χ0) is 23.0. The van der Waals surface area contributed by atoms with Crippen LogP contribution in [-0.4, -0.2) is 80.2 Å². The van der Waals surface area contributed by atoms with Gasteiger partial charge in [-0.25, -0.2) is 0 Å². The van der Waals surface area contributed by atoms with Crippen molar-refractivity contribution in [3.8, 4) is 11.5 Å². The Morgan fingerprint density at radius 3 is 2.09 bits per heavy atom. The van der Waals surface area contributed by atoms with Gasteiger partial charge >= 0.3 is 13.5 Å². The van der Waals surface area contributed by atoms with Crippen LogP contribution >= 0.6 is 0 Å². The van der Waals surface area contributed by atoms with Crippen molar-refractivity contribution in [1.82, 2.24) is 0 Å². The highest BCUT2D eigenvalue weighted by Gasteiger charge is 2.57. The van der Waals surface area contributed by atoms with E-state index in [1.807, 2.05) is 0 Å². The molecule has 3 fully saturated rings. The topological polar surface area (TPSA) is 125 Å². The largest absolute Gasteiger partial charge is 0.555 e. The van der Waals surface area contributed by atoms with E-state index in [1.165, 1.54) is 0 Å². The molecule has 0 amide bonds. The van der Waals surface area contributed by atoms with Gasteiger partial charge in [0.1, 0.15) is 30.0 Å². The summed E-state index contributed by atoms with van der Waals surface area (Å²) in [7, 11) is 3.11. The summed E-state index contributed by atoms with van der Waals surface area (Å²) in [6.45, 7) is -5.73. The maximum Gasteiger partial charge on any atom is 0.409 e. The Kier molecular flexibility index (Phi) is 4.81. The second kappa shape index (κ2) is 7.42. The summed E-state index contributed by atoms with van der Waals surface area (Å²) in [5.41, 5.74) is 2.30. The van der Waals surface area contributed by atoms with Crippen LogP contribution in [0.25, 0.3) is 0 Å². The molecular formula is C21H24B2O10-2. The molecule has 33 heavy (non-hydrogen) atoms. The Morgan fingerprint density at radius 1 is 0.848 bits per heavy atom. The van der Waals surface area contributed by atoms with E-state index in [2.05, 4.69) is 0 Å². The first-order chi connectivity index (χ1) is 15.8. The Bertz CT molecular complexity index is 1100. The van der Waals surface area contributed by atoms with Crippen LogP contribution in [0, 0.1) is 0 Å². The van der Waals surface area contributed by atoms with E-state index in [-0.39, 0.29) is 6.61 Å². The summed E-state index contributed by atoms with van der Waals surface area (Å²) in [6, 6.07) is 10.3. The van der Waals surface area contributed by atoms with Gasteiger partial charge < -0.3 is 48.0 Å². The molecule has 5 aliphatic rings. The fourth-order valence-electron chi connectivity index (χ4n) is 5.23. The number of rotatable bonds is 2. The zero-order valence-corrected chi connectivity index (χ0v) is 18.1. The molecular weight excluding hydrogens is 434 g/mol. The highest BCUT2D eigenvalue weighted by atomic mass is 16.8. The average Bonchev–Trinajstić information content (AvgIpc) is 3.46. The second-order valence-electron chi connectivity index (χ2n) is 8.87. The molecule has 2 aromatic carbocycles. The smallest absolute Gasteiger partial charge is 0.409 e. The molecule has 10 bridgehead atoms. The van der Waals surface area contributed by atoms with E-state index in [9.17, 15) is 15.2 Å². The van der Waals surface area contributed by atoms with E-state index in [0.717, 1.165) is 11.1 Å². The van der Waals surface area contributed by atoms with E-state index in [0.29, 0.717) is 28.8 Å². The van der Waals surface area contributed by atoms with Crippen LogP contribution in [0.1, 0.15) is 11.1 Å². The van der Waals surface area contributed by atoms with Gasteiger partial charge in [0.05, 0.1) is 26.4 Å². The number of aliphatic hydroxyl groups excluding tert-OH is 1. The molecule has 0 saturated carbocycles. The minimum absolute atomic E-state index is 0.00130. The third kappa shape index (κ3) is 3.22. The normalized spacial score (nSPS) is 38.8. The third-order valence-electron chi connectivity index (χ3n) is 6.94. The fraction of sp³-hybridized carbons (Fsp3) is 0.429. The van der Waals surface area contributed by atoms with Crippen molar-refractivity contribution >= 4 is 24.4 Å². The molecule has 10 nitrogen and oxygen atoms in total. The third-order valence-corrected chi connectivity index (χ3v) is 6.94. The van der Waals surface area contributed by atoms with E-state index in [1.54, 1.807) is 50.6 Å². The SMILES string of the molecule is COc1ccc2cc1Cc1cc(ccc1OC)[B@-]1(O)OC[C@@H](O1)[C@H]1O[C@@H]3O[B@@-]2(O)O[C@@H]3[C@H]1O. The van der Waals surface area contributed by atoms with Crippen LogP contribution in [-0.2, 0) is 29.8 Å². The summed E-state index contributed by atoms with van der Waals surface area (Å²) >= 11 is 0. The van der Waals surface area contributed by atoms with Gasteiger partial charge in [0, 0.05) is 13.0 Å². The maximum atomic E-state index is 11.2. The molecule has 3 N–H and O–H groups in total. The Hall–Kier alpha value is -2.15. The van der Waals surface area contributed by atoms with Crippen molar-refractivity contribution in [2.75, 3.05) is 20.8 Å². The summed E-state index contributed by atoms with van der Waals surface area (Å²) in [4.78, 5) is 0. The highest BCUT2D eigenvalue weighted by Crippen LogP contribution is 2.39. The van der Waals surface area contributed by atoms with Crippen LogP contribution in [0.4, 0.5) is 0 Å². The molecule has 7 rings (SSSR count). The molecule has 7 atom stereocenters. The number of hydrogen-bond acceptors (Lipinski definition) is 10. The Morgan fingerprint density at radius 2 is 1.48 bits per heavy atom. The highest BCUT2D eigenvalue weighted by molar-refractivity contribution is 6.75. The Labute approximate surface area is 189 Å². The number of methoxy groups -OCH3 is 2. The van der Waals surface area contributed by atoms with E-state index >= 15 is 0 Å². The molecule has 0 spiro atoms. The summed E-state index contributed by atoms with van der Waals surface area (Å²) in [5.74, 6) is 1.19. The van der Waals surface area contributed by atoms with Crippen LogP contribution in [0.3, 0.4) is 0 Å². The first-order valence-corrected chi connectivity index (χ1v) is 10.9. The van der Waals surface area contributed by atoms with E-state index < -0.39 is 44.2 Å². The van der Waals surface area contributed by atoms with Gasteiger partial charge in [0.25, 0.3) is 0 Å². The average molecular weight is 458 g/mol. The first kappa shape index (κ1) is 21.4. The van der Waals surface area contributed by atoms with E-state index in [4.69, 9.17) is 32.8 Å². The van der Waals surface area contributed by atoms with Gasteiger partial charge in [0.2, 0.25) is 0 Å². The van der Waals surface area contributed by atoms with Gasteiger partial charge in [-0.15, -0.1) is 10.9 Å². The van der Waals surface area contributed by atoms with Crippen molar-refractivity contribution in [3.05, 3.63) is 47.5 Å². The van der Waals surface area contributed by atoms with Crippen molar-refractivity contribution < 1.29 is 48.0 Å². The predicted molar refractivity (Wildman–Crippen MR) is 115 cm³/mol. The fourth-order valence-corrected chi connectivity index (χ4v) is 5.23. The van der Waals surface area contributed by atoms with Crippen molar-refractivity contribution in [1.29, 1.82) is 0 Å². The molecule has 5 aliphatic heterocycles. The Balaban J connectivity index is 1.52. The quantitative estimate of drug-likeness (QED) is 0.459. The van der Waals surface area contributed by atoms with Gasteiger partial charge in [-0.2, -0.15) is 0 Å². The van der Waals surface area contributed by atoms with Crippen LogP contribution in [0.5, 0.6) is 11.5 Å². The lowest BCUT2D eigenvalue weighted by atomic mass is 9.68. The first-order valence-electron chi connectivity index (χ1n) is 10.9. The standard InChI is InChI=1S/C21H24B2O10/c1-27-15-5-3-13-8-11(15)7-12-9-14(4-6-16(12)28-2)23(26)32-20-18(24)19(30-21(20)33-23)17-10-29-22(13,25)31-17/h3-6,8-9,17-21,24-26H,7,10H2,1-2H3/q-2/t17-,18+,19-,20-,21-,22+,23+/m1/s1. The molecule has 5 heterocycles. The summed E-state index contributed by atoms with van der Waals surface area (Å²) in [6.07, 6.45) is -4.37. The van der Waals surface area contributed by atoms with Gasteiger partial charge in [-0.05, 0) is 23.3 Å². The molecule has 0 aliphatic carbocycles. The second-order valence-corrected chi connectivity index (χ2v) is 8.87. The van der Waals surface area contributed by atoms with Crippen LogP contribution in [0.15, 0.2) is 36.4 Å². The van der Waals surface area contributed by atoms with Crippen molar-refractivity contribution in [2.45, 2.75) is 37.1 Å². The van der Waals surface area contributed by atoms with Gasteiger partial charge in [-0.1, -0.05) is 24.3 Å². The van der Waals surface area contributed by atoms with Crippen LogP contribution in [0.2, 0.25) is 0 Å². The monoisotopic (exact) mass is 458 g/mol. The van der Waals surface area contributed by atoms with Crippen molar-refractivity contribution in [2.24, 2.45) is 0 Å². The molecule has 2 aromatic rings. The predicted octanol–water partition coefficient (Wildman–Crippen LogP) is -1.50. The minimum atomic E-state index is -2.91. The number of hydrogen-bond donors (Lipinski definition) is 3.